The Hall–Kier alpha value is -2.06. The summed E-state index contributed by atoms with van der Waals surface area (Å²) in [5.41, 5.74) is 6.77. The van der Waals surface area contributed by atoms with Gasteiger partial charge in [-0.2, -0.15) is 0 Å². The van der Waals surface area contributed by atoms with Gasteiger partial charge in [-0.1, -0.05) is 48.5 Å². The van der Waals surface area contributed by atoms with Crippen molar-refractivity contribution in [3.63, 3.8) is 0 Å². The molecule has 2 aromatic rings. The van der Waals surface area contributed by atoms with Crippen molar-refractivity contribution in [2.24, 2.45) is 0 Å². The fraction of sp³-hybridized carbons (Fsp3) is 0.263. The highest BCUT2D eigenvalue weighted by molar-refractivity contribution is 5.89. The van der Waals surface area contributed by atoms with Crippen LogP contribution in [0.15, 0.2) is 54.6 Å². The summed E-state index contributed by atoms with van der Waals surface area (Å²) in [6.45, 7) is 1.96. The number of nitrogens with zero attached hydrogens (tertiary/aromatic N) is 1. The number of hydrogen-bond acceptors (Lipinski definition) is 2. The summed E-state index contributed by atoms with van der Waals surface area (Å²) in [7, 11) is 4.17. The highest BCUT2D eigenvalue weighted by Gasteiger charge is 2.19. The van der Waals surface area contributed by atoms with Crippen molar-refractivity contribution in [2.75, 3.05) is 25.5 Å². The topological polar surface area (TPSA) is 15.3 Å². The molecule has 0 spiro atoms. The van der Waals surface area contributed by atoms with Crippen molar-refractivity contribution >= 4 is 11.3 Å². The zero-order valence-corrected chi connectivity index (χ0v) is 12.8. The average molecular weight is 278 g/mol. The summed E-state index contributed by atoms with van der Waals surface area (Å²) in [6, 6.07) is 17.5. The number of para-hydroxylation sites is 1. The standard InChI is InChI=1S/C19H22N2/c1-20-13-7-11-17-16-9-4-3-8-15(16)14-21(2)19-12-6-5-10-18(17)19/h3-6,8-12,20H,7,13-14H2,1-2H3/b17-11-. The van der Waals surface area contributed by atoms with E-state index in [1.165, 1.54) is 28.0 Å². The molecule has 2 aromatic carbocycles. The first kappa shape index (κ1) is 13.9. The van der Waals surface area contributed by atoms with Gasteiger partial charge in [0.2, 0.25) is 0 Å². The van der Waals surface area contributed by atoms with Gasteiger partial charge in [0.15, 0.2) is 0 Å². The third kappa shape index (κ3) is 2.72. The van der Waals surface area contributed by atoms with E-state index < -0.39 is 0 Å². The number of hydrogen-bond donors (Lipinski definition) is 1. The van der Waals surface area contributed by atoms with E-state index >= 15 is 0 Å². The number of benzene rings is 2. The van der Waals surface area contributed by atoms with Crippen LogP contribution >= 0.6 is 0 Å². The predicted molar refractivity (Wildman–Crippen MR) is 90.6 cm³/mol. The maximum Gasteiger partial charge on any atom is 0.0446 e. The second-order valence-corrected chi connectivity index (χ2v) is 5.54. The van der Waals surface area contributed by atoms with Crippen LogP contribution in [0.25, 0.3) is 5.57 Å². The molecule has 1 heterocycles. The fourth-order valence-electron chi connectivity index (χ4n) is 3.02. The largest absolute Gasteiger partial charge is 0.370 e. The molecule has 0 saturated carbocycles. The molecule has 1 N–H and O–H groups in total. The van der Waals surface area contributed by atoms with E-state index in [-0.39, 0.29) is 0 Å². The second kappa shape index (κ2) is 6.15. The first-order valence-electron chi connectivity index (χ1n) is 7.55. The molecule has 0 aromatic heterocycles. The van der Waals surface area contributed by atoms with Crippen molar-refractivity contribution in [2.45, 2.75) is 13.0 Å². The molecule has 0 saturated heterocycles. The Morgan fingerprint density at radius 1 is 1.05 bits per heavy atom. The highest BCUT2D eigenvalue weighted by atomic mass is 15.1. The summed E-state index contributed by atoms with van der Waals surface area (Å²) in [4.78, 5) is 2.34. The van der Waals surface area contributed by atoms with Gasteiger partial charge < -0.3 is 10.2 Å². The second-order valence-electron chi connectivity index (χ2n) is 5.54. The van der Waals surface area contributed by atoms with Gasteiger partial charge in [-0.05, 0) is 42.8 Å². The molecule has 2 nitrogen and oxygen atoms in total. The molecule has 3 rings (SSSR count). The predicted octanol–water partition coefficient (Wildman–Crippen LogP) is 3.68. The lowest BCUT2D eigenvalue weighted by Crippen LogP contribution is -2.16. The SMILES string of the molecule is CNCC/C=C1/c2ccccc2CN(C)c2ccccc21. The van der Waals surface area contributed by atoms with Crippen molar-refractivity contribution in [3.05, 3.63) is 71.3 Å². The molecule has 0 aliphatic carbocycles. The number of anilines is 1. The molecule has 0 bridgehead atoms. The summed E-state index contributed by atoms with van der Waals surface area (Å²) >= 11 is 0. The van der Waals surface area contributed by atoms with Crippen molar-refractivity contribution in [1.82, 2.24) is 5.32 Å². The number of nitrogens with one attached hydrogen (secondary N) is 1. The number of rotatable bonds is 3. The van der Waals surface area contributed by atoms with Crippen LogP contribution in [-0.2, 0) is 6.54 Å². The van der Waals surface area contributed by atoms with Crippen LogP contribution in [0.4, 0.5) is 5.69 Å². The zero-order valence-electron chi connectivity index (χ0n) is 12.8. The van der Waals surface area contributed by atoms with E-state index in [1.807, 2.05) is 7.05 Å². The van der Waals surface area contributed by atoms with Gasteiger partial charge in [0.05, 0.1) is 0 Å². The van der Waals surface area contributed by atoms with E-state index in [9.17, 15) is 0 Å². The average Bonchev–Trinajstić information content (AvgIpc) is 2.63. The maximum absolute atomic E-state index is 3.22. The van der Waals surface area contributed by atoms with Crippen molar-refractivity contribution in [3.8, 4) is 0 Å². The van der Waals surface area contributed by atoms with Crippen LogP contribution in [0.5, 0.6) is 0 Å². The van der Waals surface area contributed by atoms with Gasteiger partial charge in [-0.3, -0.25) is 0 Å². The molecular formula is C19H22N2. The lowest BCUT2D eigenvalue weighted by Gasteiger charge is -2.19. The molecule has 0 amide bonds. The highest BCUT2D eigenvalue weighted by Crippen LogP contribution is 2.37. The lowest BCUT2D eigenvalue weighted by atomic mass is 9.93. The molecule has 1 aliphatic heterocycles. The third-order valence-electron chi connectivity index (χ3n) is 4.06. The fourth-order valence-corrected chi connectivity index (χ4v) is 3.02. The van der Waals surface area contributed by atoms with Crippen LogP contribution < -0.4 is 10.2 Å². The minimum atomic E-state index is 0.955. The normalized spacial score (nSPS) is 15.5. The molecule has 0 radical (unpaired) electrons. The molecule has 0 fully saturated rings. The third-order valence-corrected chi connectivity index (χ3v) is 4.06. The Morgan fingerprint density at radius 3 is 2.57 bits per heavy atom. The first-order chi connectivity index (χ1) is 10.3. The minimum absolute atomic E-state index is 0.955. The first-order valence-corrected chi connectivity index (χ1v) is 7.55. The van der Waals surface area contributed by atoms with E-state index in [0.29, 0.717) is 0 Å². The lowest BCUT2D eigenvalue weighted by molar-refractivity contribution is 0.808. The van der Waals surface area contributed by atoms with Gasteiger partial charge >= 0.3 is 0 Å². The molecule has 2 heteroatoms. The van der Waals surface area contributed by atoms with Gasteiger partial charge in [0, 0.05) is 24.8 Å². The Balaban J connectivity index is 2.16. The van der Waals surface area contributed by atoms with E-state index in [1.54, 1.807) is 0 Å². The van der Waals surface area contributed by atoms with Crippen LogP contribution in [0.2, 0.25) is 0 Å². The van der Waals surface area contributed by atoms with Gasteiger partial charge in [-0.25, -0.2) is 0 Å². The smallest absolute Gasteiger partial charge is 0.0446 e. The Bertz CT molecular complexity index is 658. The van der Waals surface area contributed by atoms with Crippen LogP contribution in [-0.4, -0.2) is 20.6 Å². The molecule has 1 aliphatic rings. The van der Waals surface area contributed by atoms with Crippen LogP contribution in [0.3, 0.4) is 0 Å². The van der Waals surface area contributed by atoms with Crippen molar-refractivity contribution in [1.29, 1.82) is 0 Å². The van der Waals surface area contributed by atoms with Crippen LogP contribution in [0.1, 0.15) is 23.1 Å². The van der Waals surface area contributed by atoms with Gasteiger partial charge in [0.25, 0.3) is 0 Å². The van der Waals surface area contributed by atoms with E-state index in [2.05, 4.69) is 71.9 Å². The van der Waals surface area contributed by atoms with E-state index in [0.717, 1.165) is 19.5 Å². The Kier molecular flexibility index (Phi) is 4.07. The Morgan fingerprint density at radius 2 is 1.76 bits per heavy atom. The van der Waals surface area contributed by atoms with Crippen LogP contribution in [0, 0.1) is 0 Å². The molecular weight excluding hydrogens is 256 g/mol. The summed E-state index contributed by atoms with van der Waals surface area (Å²) in [5.74, 6) is 0. The van der Waals surface area contributed by atoms with E-state index in [4.69, 9.17) is 0 Å². The minimum Gasteiger partial charge on any atom is -0.370 e. The Labute approximate surface area is 127 Å². The monoisotopic (exact) mass is 278 g/mol. The molecule has 0 atom stereocenters. The van der Waals surface area contributed by atoms with Crippen molar-refractivity contribution < 1.29 is 0 Å². The number of fused-ring (bicyclic) bond motifs is 2. The zero-order chi connectivity index (χ0) is 14.7. The molecule has 0 unspecified atom stereocenters. The molecule has 21 heavy (non-hydrogen) atoms. The maximum atomic E-state index is 3.22. The van der Waals surface area contributed by atoms with Gasteiger partial charge in [-0.15, -0.1) is 0 Å². The summed E-state index contributed by atoms with van der Waals surface area (Å²) < 4.78 is 0. The van der Waals surface area contributed by atoms with Gasteiger partial charge in [0.1, 0.15) is 0 Å². The summed E-state index contributed by atoms with van der Waals surface area (Å²) in [6.07, 6.45) is 3.41. The summed E-state index contributed by atoms with van der Waals surface area (Å²) in [5, 5.41) is 3.22. The molecule has 108 valence electrons. The quantitative estimate of drug-likeness (QED) is 0.862.